The molecule has 0 radical (unpaired) electrons. The molecule has 6 heteroatoms. The normalized spacial score (nSPS) is 14.0. The van der Waals surface area contributed by atoms with E-state index in [-0.39, 0.29) is 11.3 Å². The fraction of sp³-hybridized carbons (Fsp3) is 0.0435. The molecule has 4 nitrogen and oxygen atoms in total. The van der Waals surface area contributed by atoms with Crippen LogP contribution < -0.4 is 10.2 Å². The second-order valence-corrected chi connectivity index (χ2v) is 7.55. The highest BCUT2D eigenvalue weighted by atomic mass is 35.5. The average molecular weight is 423 g/mol. The number of carbonyl (C=O) groups is 2. The molecule has 1 aliphatic heterocycles. The highest BCUT2D eigenvalue weighted by Crippen LogP contribution is 2.35. The van der Waals surface area contributed by atoms with Crippen LogP contribution in [-0.4, -0.2) is 11.8 Å². The van der Waals surface area contributed by atoms with E-state index in [1.54, 1.807) is 48.5 Å². The topological polar surface area (TPSA) is 49.4 Å². The molecule has 0 saturated carbocycles. The summed E-state index contributed by atoms with van der Waals surface area (Å²) >= 11 is 12.1. The Labute approximate surface area is 178 Å². The second kappa shape index (κ2) is 7.74. The lowest BCUT2D eigenvalue weighted by molar-refractivity contribution is -0.120. The van der Waals surface area contributed by atoms with Gasteiger partial charge in [-0.3, -0.25) is 9.59 Å². The van der Waals surface area contributed by atoms with Crippen LogP contribution >= 0.6 is 23.2 Å². The molecule has 0 atom stereocenters. The van der Waals surface area contributed by atoms with E-state index < -0.39 is 11.8 Å². The van der Waals surface area contributed by atoms with Crippen molar-refractivity contribution in [3.05, 3.63) is 99.7 Å². The summed E-state index contributed by atoms with van der Waals surface area (Å²) in [5, 5.41) is 4.13. The van der Waals surface area contributed by atoms with Crippen molar-refractivity contribution in [2.75, 3.05) is 10.2 Å². The third-order valence-corrected chi connectivity index (χ3v) is 5.06. The zero-order valence-corrected chi connectivity index (χ0v) is 17.0. The van der Waals surface area contributed by atoms with E-state index in [0.717, 1.165) is 16.2 Å². The molecule has 1 aliphatic rings. The van der Waals surface area contributed by atoms with E-state index >= 15 is 0 Å². The van der Waals surface area contributed by atoms with E-state index in [1.165, 1.54) is 0 Å². The number of anilines is 2. The fourth-order valence-corrected chi connectivity index (χ4v) is 3.56. The zero-order valence-electron chi connectivity index (χ0n) is 15.4. The lowest BCUT2D eigenvalue weighted by atomic mass is 10.0. The molecule has 144 valence electrons. The second-order valence-electron chi connectivity index (χ2n) is 6.68. The quantitative estimate of drug-likeness (QED) is 0.548. The van der Waals surface area contributed by atoms with Crippen LogP contribution in [0, 0.1) is 6.92 Å². The van der Waals surface area contributed by atoms with Crippen LogP contribution in [0.5, 0.6) is 0 Å². The SMILES string of the molecule is Cc1cccc(NC2=C(c3ccc(Cl)cc3)C(=O)N(c3cccc(Cl)c3)C2=O)c1. The molecule has 0 saturated heterocycles. The van der Waals surface area contributed by atoms with Gasteiger partial charge in [-0.25, -0.2) is 4.90 Å². The minimum absolute atomic E-state index is 0.211. The van der Waals surface area contributed by atoms with Crippen LogP contribution in [-0.2, 0) is 9.59 Å². The fourth-order valence-electron chi connectivity index (χ4n) is 3.25. The van der Waals surface area contributed by atoms with E-state index in [4.69, 9.17) is 23.2 Å². The number of nitrogens with zero attached hydrogens (tertiary/aromatic N) is 1. The number of benzene rings is 3. The number of carbonyl (C=O) groups excluding carboxylic acids is 2. The van der Waals surface area contributed by atoms with Crippen LogP contribution in [0.1, 0.15) is 11.1 Å². The molecule has 2 amide bonds. The van der Waals surface area contributed by atoms with E-state index in [1.807, 2.05) is 31.2 Å². The third kappa shape index (κ3) is 3.77. The number of rotatable bonds is 4. The Hall–Kier alpha value is -3.08. The molecule has 0 unspecified atom stereocenters. The Morgan fingerprint density at radius 3 is 2.21 bits per heavy atom. The predicted octanol–water partition coefficient (Wildman–Crippen LogP) is 5.70. The smallest absolute Gasteiger partial charge is 0.282 e. The van der Waals surface area contributed by atoms with Crippen molar-refractivity contribution in [3.8, 4) is 0 Å². The first-order valence-corrected chi connectivity index (χ1v) is 9.68. The number of hydrogen-bond donors (Lipinski definition) is 1. The maximum absolute atomic E-state index is 13.3. The summed E-state index contributed by atoms with van der Waals surface area (Å²) in [6.07, 6.45) is 0. The Kier molecular flexibility index (Phi) is 5.14. The van der Waals surface area contributed by atoms with Gasteiger partial charge in [0.25, 0.3) is 11.8 Å². The van der Waals surface area contributed by atoms with Crippen molar-refractivity contribution in [1.29, 1.82) is 0 Å². The van der Waals surface area contributed by atoms with Gasteiger partial charge in [-0.15, -0.1) is 0 Å². The minimum Gasteiger partial charge on any atom is -0.350 e. The Morgan fingerprint density at radius 1 is 0.793 bits per heavy atom. The zero-order chi connectivity index (χ0) is 20.5. The Balaban J connectivity index is 1.83. The summed E-state index contributed by atoms with van der Waals surface area (Å²) < 4.78 is 0. The monoisotopic (exact) mass is 422 g/mol. The summed E-state index contributed by atoms with van der Waals surface area (Å²) in [6, 6.07) is 21.1. The van der Waals surface area contributed by atoms with Gasteiger partial charge in [0.15, 0.2) is 0 Å². The summed E-state index contributed by atoms with van der Waals surface area (Å²) in [7, 11) is 0. The first-order chi connectivity index (χ1) is 13.9. The number of hydrogen-bond acceptors (Lipinski definition) is 3. The molecule has 1 heterocycles. The molecule has 0 aromatic heterocycles. The Morgan fingerprint density at radius 2 is 1.52 bits per heavy atom. The van der Waals surface area contributed by atoms with Crippen LogP contribution in [0.4, 0.5) is 11.4 Å². The largest absolute Gasteiger partial charge is 0.350 e. The molecule has 4 rings (SSSR count). The van der Waals surface area contributed by atoms with Gasteiger partial charge in [0.2, 0.25) is 0 Å². The summed E-state index contributed by atoms with van der Waals surface area (Å²) in [4.78, 5) is 27.7. The van der Waals surface area contributed by atoms with Crippen LogP contribution in [0.25, 0.3) is 5.57 Å². The first kappa shape index (κ1) is 19.2. The number of amides is 2. The van der Waals surface area contributed by atoms with Crippen LogP contribution in [0.15, 0.2) is 78.5 Å². The molecule has 3 aromatic rings. The lowest BCUT2D eigenvalue weighted by Crippen LogP contribution is -2.32. The van der Waals surface area contributed by atoms with Gasteiger partial charge in [-0.05, 0) is 60.5 Å². The number of aryl methyl sites for hydroxylation is 1. The maximum Gasteiger partial charge on any atom is 0.282 e. The van der Waals surface area contributed by atoms with Crippen molar-refractivity contribution in [3.63, 3.8) is 0 Å². The summed E-state index contributed by atoms with van der Waals surface area (Å²) in [6.45, 7) is 1.96. The highest BCUT2D eigenvalue weighted by molar-refractivity contribution is 6.46. The number of imide groups is 1. The summed E-state index contributed by atoms with van der Waals surface area (Å²) in [5.74, 6) is -0.863. The van der Waals surface area contributed by atoms with Crippen molar-refractivity contribution < 1.29 is 9.59 Å². The molecule has 0 spiro atoms. The van der Waals surface area contributed by atoms with E-state index in [9.17, 15) is 9.59 Å². The van der Waals surface area contributed by atoms with Gasteiger partial charge in [0.1, 0.15) is 5.70 Å². The lowest BCUT2D eigenvalue weighted by Gasteiger charge is -2.15. The van der Waals surface area contributed by atoms with Crippen molar-refractivity contribution in [2.24, 2.45) is 0 Å². The molecule has 0 fully saturated rings. The molecule has 0 bridgehead atoms. The molecular weight excluding hydrogens is 407 g/mol. The molecule has 1 N–H and O–H groups in total. The highest BCUT2D eigenvalue weighted by Gasteiger charge is 2.40. The summed E-state index contributed by atoms with van der Waals surface area (Å²) in [5.41, 5.74) is 3.27. The van der Waals surface area contributed by atoms with Gasteiger partial charge in [-0.2, -0.15) is 0 Å². The predicted molar refractivity (Wildman–Crippen MR) is 117 cm³/mol. The molecular formula is C23H16Cl2N2O2. The number of halogens is 2. The van der Waals surface area contributed by atoms with Crippen LogP contribution in [0.3, 0.4) is 0 Å². The van der Waals surface area contributed by atoms with Gasteiger partial charge >= 0.3 is 0 Å². The molecule has 29 heavy (non-hydrogen) atoms. The van der Waals surface area contributed by atoms with Gasteiger partial charge in [0.05, 0.1) is 11.3 Å². The molecule has 3 aromatic carbocycles. The van der Waals surface area contributed by atoms with Gasteiger partial charge in [0, 0.05) is 15.7 Å². The minimum atomic E-state index is -0.441. The van der Waals surface area contributed by atoms with Gasteiger partial charge < -0.3 is 5.32 Å². The van der Waals surface area contributed by atoms with E-state index in [2.05, 4.69) is 5.32 Å². The Bertz CT molecular complexity index is 1150. The third-order valence-electron chi connectivity index (χ3n) is 4.57. The van der Waals surface area contributed by atoms with E-state index in [0.29, 0.717) is 21.3 Å². The van der Waals surface area contributed by atoms with Crippen molar-refractivity contribution in [2.45, 2.75) is 6.92 Å². The standard InChI is InChI=1S/C23H16Cl2N2O2/c1-14-4-2-6-18(12-14)26-21-20(15-8-10-16(24)11-9-15)22(28)27(23(21)29)19-7-3-5-17(25)13-19/h2-13,26H,1H3. The van der Waals surface area contributed by atoms with Crippen LogP contribution in [0.2, 0.25) is 10.0 Å². The first-order valence-electron chi connectivity index (χ1n) is 8.92. The maximum atomic E-state index is 13.3. The van der Waals surface area contributed by atoms with Gasteiger partial charge in [-0.1, -0.05) is 53.5 Å². The number of nitrogens with one attached hydrogen (secondary N) is 1. The average Bonchev–Trinajstić information content (AvgIpc) is 2.92. The van der Waals surface area contributed by atoms with Crippen molar-refractivity contribution in [1.82, 2.24) is 0 Å². The van der Waals surface area contributed by atoms with Crippen molar-refractivity contribution >= 4 is 52.0 Å². The molecule has 0 aliphatic carbocycles.